The van der Waals surface area contributed by atoms with Gasteiger partial charge in [-0.3, -0.25) is 4.79 Å². The summed E-state index contributed by atoms with van der Waals surface area (Å²) >= 11 is 1.41. The van der Waals surface area contributed by atoms with Gasteiger partial charge < -0.3 is 5.32 Å². The van der Waals surface area contributed by atoms with Crippen LogP contribution in [0.25, 0.3) is 10.6 Å². The topological polar surface area (TPSA) is 59.8 Å². The molecule has 1 amide bonds. The number of hydrogen-bond donors (Lipinski definition) is 1. The van der Waals surface area contributed by atoms with Crippen LogP contribution in [0.5, 0.6) is 0 Å². The number of hydrogen-bond acceptors (Lipinski definition) is 4. The summed E-state index contributed by atoms with van der Waals surface area (Å²) in [7, 11) is 0. The Balaban J connectivity index is 1.84. The standard InChI is InChI=1S/C18H20N4OS/c1-4-12(2)22-15(10-11-19-22)21-17(23)16-13(3)20-18(24-16)14-8-6-5-7-9-14/h5-12H,4H2,1-3H3,(H,21,23). The first kappa shape index (κ1) is 16.4. The molecule has 0 aliphatic heterocycles. The molecule has 0 aliphatic rings. The van der Waals surface area contributed by atoms with Crippen LogP contribution in [0, 0.1) is 6.92 Å². The molecule has 0 bridgehead atoms. The molecule has 0 saturated carbocycles. The van der Waals surface area contributed by atoms with E-state index < -0.39 is 0 Å². The van der Waals surface area contributed by atoms with Crippen molar-refractivity contribution in [1.29, 1.82) is 0 Å². The Morgan fingerprint density at radius 1 is 1.29 bits per heavy atom. The molecule has 3 aromatic rings. The molecule has 0 aliphatic carbocycles. The van der Waals surface area contributed by atoms with Crippen molar-refractivity contribution in [2.45, 2.75) is 33.2 Å². The quantitative estimate of drug-likeness (QED) is 0.742. The maximum atomic E-state index is 12.7. The van der Waals surface area contributed by atoms with Crippen molar-refractivity contribution in [3.05, 3.63) is 53.2 Å². The molecule has 0 saturated heterocycles. The van der Waals surface area contributed by atoms with Crippen molar-refractivity contribution in [2.24, 2.45) is 0 Å². The van der Waals surface area contributed by atoms with Gasteiger partial charge in [-0.05, 0) is 20.3 Å². The molecule has 1 unspecified atom stereocenters. The minimum absolute atomic E-state index is 0.141. The van der Waals surface area contributed by atoms with E-state index in [1.165, 1.54) is 11.3 Å². The van der Waals surface area contributed by atoms with Crippen LogP contribution in [0.15, 0.2) is 42.6 Å². The predicted octanol–water partition coefficient (Wildman–Crippen LogP) is 4.54. The third-order valence-electron chi connectivity index (χ3n) is 3.94. The van der Waals surface area contributed by atoms with Crippen molar-refractivity contribution in [1.82, 2.24) is 14.8 Å². The molecule has 124 valence electrons. The van der Waals surface area contributed by atoms with Crippen molar-refractivity contribution in [3.63, 3.8) is 0 Å². The molecule has 0 fully saturated rings. The van der Waals surface area contributed by atoms with Gasteiger partial charge in [0.05, 0.1) is 17.9 Å². The van der Waals surface area contributed by atoms with Crippen LogP contribution in [0.4, 0.5) is 5.82 Å². The molecule has 2 heterocycles. The minimum atomic E-state index is -0.141. The Morgan fingerprint density at radius 3 is 2.75 bits per heavy atom. The number of benzene rings is 1. The number of anilines is 1. The fourth-order valence-electron chi connectivity index (χ4n) is 2.42. The summed E-state index contributed by atoms with van der Waals surface area (Å²) in [4.78, 5) is 17.8. The van der Waals surface area contributed by atoms with Crippen LogP contribution >= 0.6 is 11.3 Å². The molecule has 5 nitrogen and oxygen atoms in total. The second kappa shape index (κ2) is 6.97. The molecule has 1 N–H and O–H groups in total. The lowest BCUT2D eigenvalue weighted by atomic mass is 10.2. The third-order valence-corrected chi connectivity index (χ3v) is 5.15. The van der Waals surface area contributed by atoms with Crippen LogP contribution < -0.4 is 5.32 Å². The normalized spacial score (nSPS) is 12.1. The summed E-state index contributed by atoms with van der Waals surface area (Å²) in [5, 5.41) is 8.11. The van der Waals surface area contributed by atoms with Gasteiger partial charge in [0, 0.05) is 11.6 Å². The number of aromatic nitrogens is 3. The first-order valence-electron chi connectivity index (χ1n) is 7.97. The number of carbonyl (C=O) groups is 1. The highest BCUT2D eigenvalue weighted by Gasteiger charge is 2.18. The largest absolute Gasteiger partial charge is 0.306 e. The number of amides is 1. The maximum Gasteiger partial charge on any atom is 0.268 e. The first-order valence-corrected chi connectivity index (χ1v) is 8.79. The smallest absolute Gasteiger partial charge is 0.268 e. The highest BCUT2D eigenvalue weighted by Crippen LogP contribution is 2.28. The molecule has 2 aromatic heterocycles. The number of aryl methyl sites for hydroxylation is 1. The molecule has 1 atom stereocenters. The number of nitrogens with one attached hydrogen (secondary N) is 1. The molecule has 0 radical (unpaired) electrons. The van der Waals surface area contributed by atoms with Gasteiger partial charge in [0.25, 0.3) is 5.91 Å². The third kappa shape index (κ3) is 3.23. The highest BCUT2D eigenvalue weighted by atomic mass is 32.1. The number of nitrogens with zero attached hydrogens (tertiary/aromatic N) is 3. The van der Waals surface area contributed by atoms with Gasteiger partial charge in [-0.2, -0.15) is 5.10 Å². The van der Waals surface area contributed by atoms with E-state index in [-0.39, 0.29) is 11.9 Å². The summed E-state index contributed by atoms with van der Waals surface area (Å²) in [5.41, 5.74) is 1.76. The lowest BCUT2D eigenvalue weighted by Gasteiger charge is -2.13. The second-order valence-corrected chi connectivity index (χ2v) is 6.67. The molecule has 0 spiro atoms. The van der Waals surface area contributed by atoms with Gasteiger partial charge in [0.15, 0.2) is 0 Å². The molecule has 3 rings (SSSR count). The van der Waals surface area contributed by atoms with E-state index in [9.17, 15) is 4.79 Å². The van der Waals surface area contributed by atoms with Crippen LogP contribution in [0.2, 0.25) is 0 Å². The fraction of sp³-hybridized carbons (Fsp3) is 0.278. The van der Waals surface area contributed by atoms with Gasteiger partial charge in [-0.15, -0.1) is 11.3 Å². The Kier molecular flexibility index (Phi) is 4.76. The first-order chi connectivity index (χ1) is 11.6. The minimum Gasteiger partial charge on any atom is -0.306 e. The van der Waals surface area contributed by atoms with Gasteiger partial charge in [0.1, 0.15) is 15.7 Å². The van der Waals surface area contributed by atoms with Crippen LogP contribution in [0.1, 0.15) is 41.7 Å². The number of thiazole rings is 1. The van der Waals surface area contributed by atoms with E-state index in [0.29, 0.717) is 10.7 Å². The molecular weight excluding hydrogens is 320 g/mol. The zero-order valence-corrected chi connectivity index (χ0v) is 14.8. The summed E-state index contributed by atoms with van der Waals surface area (Å²) in [6.07, 6.45) is 2.65. The van der Waals surface area contributed by atoms with E-state index in [2.05, 4.69) is 29.2 Å². The van der Waals surface area contributed by atoms with Crippen molar-refractivity contribution < 1.29 is 4.79 Å². The number of rotatable bonds is 5. The summed E-state index contributed by atoms with van der Waals surface area (Å²) in [5.74, 6) is 0.570. The van der Waals surface area contributed by atoms with E-state index in [1.807, 2.05) is 48.0 Å². The summed E-state index contributed by atoms with van der Waals surface area (Å²) < 4.78 is 1.84. The SMILES string of the molecule is CCC(C)n1nccc1NC(=O)c1sc(-c2ccccc2)nc1C. The predicted molar refractivity (Wildman–Crippen MR) is 97.5 cm³/mol. The average molecular weight is 340 g/mol. The average Bonchev–Trinajstić information content (AvgIpc) is 3.21. The molecule has 1 aromatic carbocycles. The Labute approximate surface area is 145 Å². The van der Waals surface area contributed by atoms with Crippen molar-refractivity contribution >= 4 is 23.1 Å². The van der Waals surface area contributed by atoms with Gasteiger partial charge in [0.2, 0.25) is 0 Å². The monoisotopic (exact) mass is 340 g/mol. The lowest BCUT2D eigenvalue weighted by molar-refractivity contribution is 0.102. The number of carbonyl (C=O) groups excluding carboxylic acids is 1. The fourth-order valence-corrected chi connectivity index (χ4v) is 3.39. The van der Waals surface area contributed by atoms with Gasteiger partial charge >= 0.3 is 0 Å². The highest BCUT2D eigenvalue weighted by molar-refractivity contribution is 7.17. The van der Waals surface area contributed by atoms with Gasteiger partial charge in [-0.1, -0.05) is 37.3 Å². The maximum absolute atomic E-state index is 12.7. The Bertz CT molecular complexity index is 838. The van der Waals surface area contributed by atoms with Crippen LogP contribution in [-0.4, -0.2) is 20.7 Å². The Hall–Kier alpha value is -2.47. The summed E-state index contributed by atoms with van der Waals surface area (Å²) in [6, 6.07) is 12.0. The van der Waals surface area contributed by atoms with Crippen LogP contribution in [-0.2, 0) is 0 Å². The molecule has 6 heteroatoms. The van der Waals surface area contributed by atoms with E-state index >= 15 is 0 Å². The second-order valence-electron chi connectivity index (χ2n) is 5.67. The Morgan fingerprint density at radius 2 is 2.04 bits per heavy atom. The zero-order valence-electron chi connectivity index (χ0n) is 14.0. The zero-order chi connectivity index (χ0) is 17.1. The lowest BCUT2D eigenvalue weighted by Crippen LogP contribution is -2.17. The van der Waals surface area contributed by atoms with E-state index in [4.69, 9.17) is 0 Å². The molecular formula is C18H20N4OS. The van der Waals surface area contributed by atoms with Crippen LogP contribution in [0.3, 0.4) is 0 Å². The van der Waals surface area contributed by atoms with E-state index in [0.717, 1.165) is 22.7 Å². The van der Waals surface area contributed by atoms with Crippen molar-refractivity contribution in [3.8, 4) is 10.6 Å². The molecule has 24 heavy (non-hydrogen) atoms. The van der Waals surface area contributed by atoms with Gasteiger partial charge in [-0.25, -0.2) is 9.67 Å². The van der Waals surface area contributed by atoms with E-state index in [1.54, 1.807) is 6.20 Å². The van der Waals surface area contributed by atoms with Crippen molar-refractivity contribution in [2.75, 3.05) is 5.32 Å². The summed E-state index contributed by atoms with van der Waals surface area (Å²) in [6.45, 7) is 6.04.